The monoisotopic (exact) mass is 250 g/mol. The molecule has 1 saturated heterocycles. The summed E-state index contributed by atoms with van der Waals surface area (Å²) in [5.74, 6) is 0. The van der Waals surface area contributed by atoms with Gasteiger partial charge in [-0.15, -0.1) is 12.4 Å². The van der Waals surface area contributed by atoms with E-state index < -0.39 is 0 Å². The van der Waals surface area contributed by atoms with Crippen molar-refractivity contribution in [3.8, 4) is 0 Å². The molecule has 0 radical (unpaired) electrons. The molecular weight excluding hydrogens is 228 g/mol. The van der Waals surface area contributed by atoms with Crippen LogP contribution in [0.25, 0.3) is 0 Å². The van der Waals surface area contributed by atoms with E-state index in [-0.39, 0.29) is 24.0 Å². The standard InChI is InChI=1S/C10H22N4O.ClH/c1-10(2,11)8-13-4-6-14(7-5-13)9(15)12-3;/h4-8,11H2,1-3H3,(H,12,15);1H. The van der Waals surface area contributed by atoms with Gasteiger partial charge in [-0.25, -0.2) is 4.79 Å². The predicted octanol–water partition coefficient (Wildman–Crippen LogP) is 0.103. The summed E-state index contributed by atoms with van der Waals surface area (Å²) in [5, 5.41) is 2.64. The van der Waals surface area contributed by atoms with Crippen molar-refractivity contribution in [2.45, 2.75) is 19.4 Å². The van der Waals surface area contributed by atoms with Crippen molar-refractivity contribution < 1.29 is 4.79 Å². The molecule has 1 fully saturated rings. The molecule has 0 unspecified atom stereocenters. The topological polar surface area (TPSA) is 61.6 Å². The Balaban J connectivity index is 0.00000225. The molecule has 0 aliphatic carbocycles. The van der Waals surface area contributed by atoms with E-state index in [4.69, 9.17) is 5.73 Å². The lowest BCUT2D eigenvalue weighted by Gasteiger charge is -2.37. The number of nitrogens with zero attached hydrogens (tertiary/aromatic N) is 2. The fourth-order valence-electron chi connectivity index (χ4n) is 1.84. The summed E-state index contributed by atoms with van der Waals surface area (Å²) in [6.07, 6.45) is 0. The van der Waals surface area contributed by atoms with Gasteiger partial charge < -0.3 is 16.0 Å². The van der Waals surface area contributed by atoms with Crippen LogP contribution in [0.1, 0.15) is 13.8 Å². The Kier molecular flexibility index (Phi) is 6.07. The maximum absolute atomic E-state index is 11.3. The third-order valence-corrected chi connectivity index (χ3v) is 2.50. The highest BCUT2D eigenvalue weighted by atomic mass is 35.5. The molecular formula is C10H23ClN4O. The molecule has 0 spiro atoms. The minimum Gasteiger partial charge on any atom is -0.341 e. The van der Waals surface area contributed by atoms with E-state index in [0.29, 0.717) is 0 Å². The first-order valence-electron chi connectivity index (χ1n) is 5.40. The van der Waals surface area contributed by atoms with Crippen LogP contribution in [0, 0.1) is 0 Å². The van der Waals surface area contributed by atoms with Crippen molar-refractivity contribution in [1.82, 2.24) is 15.1 Å². The second-order valence-corrected chi connectivity index (χ2v) is 4.81. The van der Waals surface area contributed by atoms with Gasteiger partial charge in [0.15, 0.2) is 0 Å². The van der Waals surface area contributed by atoms with Crippen LogP contribution in [-0.2, 0) is 0 Å². The lowest BCUT2D eigenvalue weighted by atomic mass is 10.1. The highest BCUT2D eigenvalue weighted by Gasteiger charge is 2.23. The van der Waals surface area contributed by atoms with Gasteiger partial charge in [0.2, 0.25) is 0 Å². The van der Waals surface area contributed by atoms with Gasteiger partial charge in [0.25, 0.3) is 0 Å². The van der Waals surface area contributed by atoms with Gasteiger partial charge in [0.05, 0.1) is 0 Å². The highest BCUT2D eigenvalue weighted by molar-refractivity contribution is 5.85. The molecule has 1 aliphatic heterocycles. The van der Waals surface area contributed by atoms with Crippen LogP contribution in [0.15, 0.2) is 0 Å². The Labute approximate surface area is 104 Å². The molecule has 16 heavy (non-hydrogen) atoms. The van der Waals surface area contributed by atoms with E-state index in [9.17, 15) is 4.79 Å². The number of hydrogen-bond donors (Lipinski definition) is 2. The van der Waals surface area contributed by atoms with Gasteiger partial charge >= 0.3 is 6.03 Å². The number of rotatable bonds is 2. The zero-order valence-electron chi connectivity index (χ0n) is 10.3. The van der Waals surface area contributed by atoms with Crippen LogP contribution in [0.2, 0.25) is 0 Å². The summed E-state index contributed by atoms with van der Waals surface area (Å²) in [7, 11) is 1.66. The molecule has 2 amide bonds. The molecule has 0 aromatic carbocycles. The summed E-state index contributed by atoms with van der Waals surface area (Å²) in [6.45, 7) is 8.33. The minimum absolute atomic E-state index is 0. The van der Waals surface area contributed by atoms with Crippen LogP contribution >= 0.6 is 12.4 Å². The van der Waals surface area contributed by atoms with Crippen LogP contribution in [-0.4, -0.2) is 61.1 Å². The number of hydrogen-bond acceptors (Lipinski definition) is 3. The van der Waals surface area contributed by atoms with Gasteiger partial charge in [0.1, 0.15) is 0 Å². The smallest absolute Gasteiger partial charge is 0.317 e. The number of carbonyl (C=O) groups is 1. The normalized spacial score (nSPS) is 17.9. The number of piperazine rings is 1. The number of carbonyl (C=O) groups excluding carboxylic acids is 1. The summed E-state index contributed by atoms with van der Waals surface area (Å²) in [5.41, 5.74) is 5.79. The van der Waals surface area contributed by atoms with Crippen molar-refractivity contribution in [2.24, 2.45) is 5.73 Å². The van der Waals surface area contributed by atoms with Gasteiger partial charge in [-0.2, -0.15) is 0 Å². The lowest BCUT2D eigenvalue weighted by Crippen LogP contribution is -2.55. The fourth-order valence-corrected chi connectivity index (χ4v) is 1.84. The number of nitrogens with two attached hydrogens (primary N) is 1. The Morgan fingerprint density at radius 2 is 1.81 bits per heavy atom. The van der Waals surface area contributed by atoms with Gasteiger partial charge in [-0.3, -0.25) is 4.90 Å². The summed E-state index contributed by atoms with van der Waals surface area (Å²) in [4.78, 5) is 15.5. The van der Waals surface area contributed by atoms with Gasteiger partial charge in [-0.05, 0) is 13.8 Å². The molecule has 96 valence electrons. The van der Waals surface area contributed by atoms with Crippen LogP contribution in [0.4, 0.5) is 4.79 Å². The molecule has 0 aromatic heterocycles. The SMILES string of the molecule is CNC(=O)N1CCN(CC(C)(C)N)CC1.Cl. The first-order valence-corrected chi connectivity index (χ1v) is 5.40. The van der Waals surface area contributed by atoms with E-state index in [1.54, 1.807) is 7.05 Å². The van der Waals surface area contributed by atoms with Gasteiger partial charge in [-0.1, -0.05) is 0 Å². The largest absolute Gasteiger partial charge is 0.341 e. The summed E-state index contributed by atoms with van der Waals surface area (Å²) in [6, 6.07) is 0.0154. The maximum Gasteiger partial charge on any atom is 0.317 e. The second-order valence-electron chi connectivity index (χ2n) is 4.81. The third kappa shape index (κ3) is 5.01. The van der Waals surface area contributed by atoms with Crippen LogP contribution < -0.4 is 11.1 Å². The summed E-state index contributed by atoms with van der Waals surface area (Å²) >= 11 is 0. The zero-order chi connectivity index (χ0) is 11.5. The average molecular weight is 251 g/mol. The van der Waals surface area contributed by atoms with Crippen molar-refractivity contribution in [3.05, 3.63) is 0 Å². The second kappa shape index (κ2) is 6.27. The minimum atomic E-state index is -0.158. The first kappa shape index (κ1) is 15.5. The van der Waals surface area contributed by atoms with E-state index in [2.05, 4.69) is 10.2 Å². The van der Waals surface area contributed by atoms with Crippen molar-refractivity contribution >= 4 is 18.4 Å². The first-order chi connectivity index (χ1) is 6.92. The third-order valence-electron chi connectivity index (χ3n) is 2.50. The molecule has 0 atom stereocenters. The number of urea groups is 1. The predicted molar refractivity (Wildman–Crippen MR) is 68.0 cm³/mol. The van der Waals surface area contributed by atoms with Gasteiger partial charge in [0, 0.05) is 45.3 Å². The molecule has 3 N–H and O–H groups in total. The quantitative estimate of drug-likeness (QED) is 0.731. The Bertz CT molecular complexity index is 221. The molecule has 1 heterocycles. The van der Waals surface area contributed by atoms with E-state index in [1.807, 2.05) is 18.7 Å². The Morgan fingerprint density at radius 3 is 2.19 bits per heavy atom. The highest BCUT2D eigenvalue weighted by Crippen LogP contribution is 2.06. The molecule has 0 aromatic rings. The van der Waals surface area contributed by atoms with Crippen molar-refractivity contribution in [1.29, 1.82) is 0 Å². The number of halogens is 1. The molecule has 1 rings (SSSR count). The number of nitrogens with one attached hydrogen (secondary N) is 1. The molecule has 6 heteroatoms. The molecule has 0 bridgehead atoms. The Morgan fingerprint density at radius 1 is 1.31 bits per heavy atom. The molecule has 5 nitrogen and oxygen atoms in total. The van der Waals surface area contributed by atoms with Crippen LogP contribution in [0.5, 0.6) is 0 Å². The van der Waals surface area contributed by atoms with E-state index in [0.717, 1.165) is 32.7 Å². The van der Waals surface area contributed by atoms with Crippen molar-refractivity contribution in [3.63, 3.8) is 0 Å². The van der Waals surface area contributed by atoms with E-state index >= 15 is 0 Å². The van der Waals surface area contributed by atoms with Crippen molar-refractivity contribution in [2.75, 3.05) is 39.8 Å². The maximum atomic E-state index is 11.3. The average Bonchev–Trinajstić information content (AvgIpc) is 2.15. The fraction of sp³-hybridized carbons (Fsp3) is 0.900. The Hall–Kier alpha value is -0.520. The summed E-state index contributed by atoms with van der Waals surface area (Å²) < 4.78 is 0. The molecule has 1 aliphatic rings. The zero-order valence-corrected chi connectivity index (χ0v) is 11.1. The molecule has 0 saturated carbocycles. The van der Waals surface area contributed by atoms with E-state index in [1.165, 1.54) is 0 Å². The lowest BCUT2D eigenvalue weighted by molar-refractivity contribution is 0.127. The van der Waals surface area contributed by atoms with Crippen LogP contribution in [0.3, 0.4) is 0 Å². The number of amides is 2.